The molecule has 6 nitrogen and oxygen atoms in total. The molecule has 0 spiro atoms. The first-order chi connectivity index (χ1) is 20.2. The number of pyridine rings is 1. The van der Waals surface area contributed by atoms with Crippen molar-refractivity contribution in [1.29, 1.82) is 0 Å². The summed E-state index contributed by atoms with van der Waals surface area (Å²) in [6, 6.07) is 14.3. The fourth-order valence-corrected chi connectivity index (χ4v) is 5.64. The quantitative estimate of drug-likeness (QED) is 0.111. The number of ketones is 1. The van der Waals surface area contributed by atoms with Gasteiger partial charge in [-0.3, -0.25) is 4.79 Å². The fourth-order valence-electron chi connectivity index (χ4n) is 5.64. The van der Waals surface area contributed by atoms with E-state index in [1.807, 2.05) is 33.9 Å². The summed E-state index contributed by atoms with van der Waals surface area (Å²) in [5.74, 6) is 0.547. The maximum absolute atomic E-state index is 11.7. The van der Waals surface area contributed by atoms with Crippen molar-refractivity contribution in [3.05, 3.63) is 71.2 Å². The minimum absolute atomic E-state index is 0. The molecule has 0 aliphatic heterocycles. The third-order valence-electron chi connectivity index (χ3n) is 8.10. The fraction of sp³-hybridized carbons (Fsp3) is 0.486. The Hall–Kier alpha value is -3.02. The minimum atomic E-state index is -0.139. The van der Waals surface area contributed by atoms with Gasteiger partial charge in [-0.1, -0.05) is 41.5 Å². The monoisotopic (exact) mass is 776 g/mol. The van der Waals surface area contributed by atoms with Gasteiger partial charge >= 0.3 is 0 Å². The Morgan fingerprint density at radius 2 is 1.52 bits per heavy atom. The van der Waals surface area contributed by atoms with E-state index in [4.69, 9.17) is 9.98 Å². The van der Waals surface area contributed by atoms with Crippen molar-refractivity contribution in [2.24, 2.45) is 30.9 Å². The Kier molecular flexibility index (Phi) is 13.4. The van der Waals surface area contributed by atoms with Crippen LogP contribution in [0.1, 0.15) is 85.3 Å². The number of allylic oxidation sites excluding steroid dienone is 2. The first kappa shape index (κ1) is 37.2. The Bertz CT molecular complexity index is 1660. The number of fused-ring (bicyclic) bond motifs is 2. The molecule has 2 heterocycles. The number of aliphatic hydroxyl groups excluding tert-OH is 1. The van der Waals surface area contributed by atoms with Crippen LogP contribution < -0.4 is 5.62 Å². The molecule has 0 amide bonds. The zero-order valence-electron chi connectivity index (χ0n) is 28.5. The Morgan fingerprint density at radius 3 is 2.05 bits per heavy atom. The third kappa shape index (κ3) is 8.79. The van der Waals surface area contributed by atoms with Gasteiger partial charge in [0.05, 0.1) is 22.3 Å². The van der Waals surface area contributed by atoms with Gasteiger partial charge in [-0.05, 0) is 81.1 Å². The van der Waals surface area contributed by atoms with Crippen molar-refractivity contribution < 1.29 is 30.0 Å². The van der Waals surface area contributed by atoms with Crippen LogP contribution in [0, 0.1) is 31.7 Å². The zero-order valence-corrected chi connectivity index (χ0v) is 30.9. The van der Waals surface area contributed by atoms with E-state index in [0.29, 0.717) is 0 Å². The molecule has 2 aromatic heterocycles. The molecule has 0 aliphatic carbocycles. The first-order valence-electron chi connectivity index (χ1n) is 15.7. The molecule has 2 aromatic carbocycles. The number of hydrogen-bond acceptors (Lipinski definition) is 4. The summed E-state index contributed by atoms with van der Waals surface area (Å²) in [4.78, 5) is 21.4. The van der Waals surface area contributed by atoms with Crippen molar-refractivity contribution in [1.82, 2.24) is 14.1 Å². The summed E-state index contributed by atoms with van der Waals surface area (Å²) in [6.45, 7) is 18.6. The van der Waals surface area contributed by atoms with Gasteiger partial charge in [-0.2, -0.15) is 0 Å². The Labute approximate surface area is 277 Å². The number of carbonyl (C=O) groups is 1. The molecule has 0 atom stereocenters. The second-order valence-corrected chi connectivity index (χ2v) is 12.7. The summed E-state index contributed by atoms with van der Waals surface area (Å²) in [6.07, 6.45) is 6.79. The number of aliphatic hydroxyl groups is 1. The van der Waals surface area contributed by atoms with Gasteiger partial charge in [0.15, 0.2) is 5.78 Å². The van der Waals surface area contributed by atoms with E-state index < -0.39 is 0 Å². The zero-order chi connectivity index (χ0) is 32.1. The predicted octanol–water partition coefficient (Wildman–Crippen LogP) is 8.72. The van der Waals surface area contributed by atoms with Crippen LogP contribution in [0.3, 0.4) is 0 Å². The second kappa shape index (κ2) is 15.8. The summed E-state index contributed by atoms with van der Waals surface area (Å²) in [7, 11) is 4.16. The molecule has 0 saturated heterocycles. The Morgan fingerprint density at radius 1 is 0.955 bits per heavy atom. The van der Waals surface area contributed by atoms with Crippen molar-refractivity contribution in [2.75, 3.05) is 0 Å². The van der Waals surface area contributed by atoms with Crippen molar-refractivity contribution in [3.63, 3.8) is 0 Å². The maximum atomic E-state index is 11.7. The molecule has 7 heteroatoms. The van der Waals surface area contributed by atoms with Gasteiger partial charge in [0.25, 0.3) is 0 Å². The summed E-state index contributed by atoms with van der Waals surface area (Å²) in [5.41, 5.74) is 7.51. The molecule has 44 heavy (non-hydrogen) atoms. The van der Waals surface area contributed by atoms with Crippen LogP contribution in [-0.2, 0) is 39.0 Å². The van der Waals surface area contributed by atoms with Gasteiger partial charge in [-0.15, -0.1) is 34.9 Å². The van der Waals surface area contributed by atoms with Gasteiger partial charge in [0, 0.05) is 58.3 Å². The van der Waals surface area contributed by atoms with Gasteiger partial charge in [-0.25, -0.2) is 4.99 Å². The van der Waals surface area contributed by atoms with E-state index in [0.717, 1.165) is 59.0 Å². The van der Waals surface area contributed by atoms with E-state index in [2.05, 4.69) is 94.2 Å². The summed E-state index contributed by atoms with van der Waals surface area (Å²) in [5, 5.41) is 12.1. The van der Waals surface area contributed by atoms with Crippen molar-refractivity contribution in [2.45, 2.75) is 93.5 Å². The standard InChI is InChI=1S/C24H27N4.C13H24O2.Ir/c1-15-10-16(2)12-18(11-15)22-19-14-21-20(13-17(19)8-9-25-22)27(6)23(28(21)7)26-24(3,4)5;1-5-10(6-2)12(14)9-13(15)11(7-3)8-4;/h8-11,13-14H,1-7H3;9-11,14H,5-8H2,1-4H3;/q-1;;/b;12-9-;. The molecule has 4 aromatic rings. The molecule has 1 N–H and O–H groups in total. The van der Waals surface area contributed by atoms with Crippen LogP contribution in [0.5, 0.6) is 0 Å². The molecular weight excluding hydrogens is 725 g/mol. The third-order valence-corrected chi connectivity index (χ3v) is 8.10. The molecule has 4 rings (SSSR count). The predicted molar refractivity (Wildman–Crippen MR) is 180 cm³/mol. The Balaban J connectivity index is 0.000000363. The van der Waals surface area contributed by atoms with E-state index in [1.54, 1.807) is 0 Å². The van der Waals surface area contributed by atoms with Crippen LogP contribution >= 0.6 is 0 Å². The number of aromatic nitrogens is 3. The van der Waals surface area contributed by atoms with Gasteiger partial charge < -0.3 is 19.2 Å². The average Bonchev–Trinajstić information content (AvgIpc) is 3.15. The molecule has 0 bridgehead atoms. The van der Waals surface area contributed by atoms with Crippen LogP contribution in [-0.4, -0.2) is 30.5 Å². The van der Waals surface area contributed by atoms with E-state index in [-0.39, 0.29) is 49.0 Å². The molecule has 0 aliphatic rings. The second-order valence-electron chi connectivity index (χ2n) is 12.7. The van der Waals surface area contributed by atoms with Crippen LogP contribution in [0.15, 0.2) is 53.4 Å². The van der Waals surface area contributed by atoms with Gasteiger partial charge in [0.2, 0.25) is 5.62 Å². The molecule has 0 unspecified atom stereocenters. The number of carbonyl (C=O) groups excluding carboxylic acids is 1. The largest absolute Gasteiger partial charge is 0.512 e. The molecule has 1 radical (unpaired) electrons. The maximum Gasteiger partial charge on any atom is 0.205 e. The first-order valence-corrected chi connectivity index (χ1v) is 15.7. The van der Waals surface area contributed by atoms with E-state index in [9.17, 15) is 9.90 Å². The van der Waals surface area contributed by atoms with Crippen molar-refractivity contribution in [3.8, 4) is 11.3 Å². The topological polar surface area (TPSA) is 72.4 Å². The number of imidazole rings is 1. The molecular formula is C37H51IrN4O2-. The minimum Gasteiger partial charge on any atom is -0.512 e. The molecule has 0 saturated carbocycles. The van der Waals surface area contributed by atoms with Crippen LogP contribution in [0.2, 0.25) is 0 Å². The number of rotatable bonds is 8. The number of benzene rings is 2. The SMILES string of the molecule is CCC(CC)C(=O)/C=C(\O)C(CC)CC.Cc1[c-]c(-c2nccc3cc4c(cc23)n(C)c(=NC(C)(C)C)n4C)cc(C)c1.[Ir]. The average molecular weight is 776 g/mol. The van der Waals surface area contributed by atoms with Crippen LogP contribution in [0.25, 0.3) is 33.1 Å². The van der Waals surface area contributed by atoms with Gasteiger partial charge in [0.1, 0.15) is 0 Å². The summed E-state index contributed by atoms with van der Waals surface area (Å²) >= 11 is 0. The van der Waals surface area contributed by atoms with Crippen LogP contribution in [0.4, 0.5) is 0 Å². The van der Waals surface area contributed by atoms with Crippen molar-refractivity contribution >= 4 is 27.6 Å². The molecule has 241 valence electrons. The number of nitrogens with zero attached hydrogens (tertiary/aromatic N) is 4. The smallest absolute Gasteiger partial charge is 0.205 e. The molecule has 0 fully saturated rings. The van der Waals surface area contributed by atoms with E-state index >= 15 is 0 Å². The number of aryl methyl sites for hydroxylation is 4. The van der Waals surface area contributed by atoms with E-state index in [1.165, 1.54) is 22.5 Å². The normalized spacial score (nSPS) is 12.6. The number of hydrogen-bond donors (Lipinski definition) is 1. The summed E-state index contributed by atoms with van der Waals surface area (Å²) < 4.78 is 4.34.